The third-order valence-corrected chi connectivity index (χ3v) is 5.91. The van der Waals surface area contributed by atoms with Gasteiger partial charge >= 0.3 is 6.18 Å². The predicted molar refractivity (Wildman–Crippen MR) is 88.4 cm³/mol. The van der Waals surface area contributed by atoms with E-state index in [0.29, 0.717) is 17.0 Å². The number of anilines is 1. The van der Waals surface area contributed by atoms with Crippen LogP contribution < -0.4 is 4.90 Å². The highest BCUT2D eigenvalue weighted by Crippen LogP contribution is 2.40. The summed E-state index contributed by atoms with van der Waals surface area (Å²) in [7, 11) is -3.98. The van der Waals surface area contributed by atoms with E-state index < -0.39 is 39.1 Å². The number of alkyl halides is 3. The fourth-order valence-electron chi connectivity index (χ4n) is 2.49. The lowest BCUT2D eigenvalue weighted by Crippen LogP contribution is -2.30. The highest BCUT2D eigenvalue weighted by molar-refractivity contribution is 7.92. The molecule has 1 amide bonds. The molecule has 5 nitrogen and oxygen atoms in total. The highest BCUT2D eigenvalue weighted by Gasteiger charge is 2.40. The first-order chi connectivity index (χ1) is 11.9. The maximum Gasteiger partial charge on any atom is 0.416 e. The van der Waals surface area contributed by atoms with Crippen LogP contribution in [0, 0.1) is 0 Å². The van der Waals surface area contributed by atoms with Crippen LogP contribution in [0.25, 0.3) is 0 Å². The zero-order valence-electron chi connectivity index (χ0n) is 12.5. The van der Waals surface area contributed by atoms with E-state index in [0.717, 1.165) is 18.2 Å². The first kappa shape index (κ1) is 18.8. The number of hydrogen-bond donors (Lipinski definition) is 1. The molecule has 11 heteroatoms. The van der Waals surface area contributed by atoms with Gasteiger partial charge in [-0.1, -0.05) is 23.2 Å². The molecule has 1 N–H and O–H groups in total. The number of benzene rings is 2. The van der Waals surface area contributed by atoms with Crippen molar-refractivity contribution in [3.05, 3.63) is 51.5 Å². The Hall–Kier alpha value is -1.97. The van der Waals surface area contributed by atoms with Crippen LogP contribution >= 0.6 is 23.2 Å². The number of hydrogen-bond acceptors (Lipinski definition) is 4. The largest absolute Gasteiger partial charge is 0.505 e. The number of nitrogens with zero attached hydrogens (tertiary/aromatic N) is 1. The van der Waals surface area contributed by atoms with Gasteiger partial charge < -0.3 is 5.11 Å². The van der Waals surface area contributed by atoms with Crippen molar-refractivity contribution < 1.29 is 31.5 Å². The molecule has 0 atom stereocenters. The van der Waals surface area contributed by atoms with Crippen LogP contribution in [0.2, 0.25) is 10.0 Å². The molecule has 0 spiro atoms. The summed E-state index contributed by atoms with van der Waals surface area (Å²) in [6.45, 7) is 0. The van der Waals surface area contributed by atoms with Gasteiger partial charge in [0, 0.05) is 5.56 Å². The van der Waals surface area contributed by atoms with Crippen molar-refractivity contribution in [3.63, 3.8) is 0 Å². The molecule has 0 saturated carbocycles. The number of fused-ring (bicyclic) bond motifs is 1. The summed E-state index contributed by atoms with van der Waals surface area (Å²) in [5.74, 6) is -2.22. The fourth-order valence-corrected chi connectivity index (χ4v) is 4.48. The van der Waals surface area contributed by atoms with Crippen LogP contribution in [0.4, 0.5) is 18.9 Å². The smallest absolute Gasteiger partial charge is 0.416 e. The molecule has 3 rings (SSSR count). The quantitative estimate of drug-likeness (QED) is 0.745. The van der Waals surface area contributed by atoms with Gasteiger partial charge in [0.2, 0.25) is 0 Å². The van der Waals surface area contributed by atoms with Crippen LogP contribution in [0.5, 0.6) is 5.75 Å². The zero-order chi connectivity index (χ0) is 19.4. The molecule has 26 heavy (non-hydrogen) atoms. The molecule has 0 unspecified atom stereocenters. The first-order valence-corrected chi connectivity index (χ1v) is 9.26. The maximum absolute atomic E-state index is 12.9. The number of rotatable bonds is 1. The van der Waals surface area contributed by atoms with Gasteiger partial charge in [-0.15, -0.1) is 0 Å². The molecule has 1 heterocycles. The lowest BCUT2D eigenvalue weighted by Gasteiger charge is -2.17. The average Bonchev–Trinajstić information content (AvgIpc) is 2.81. The Kier molecular flexibility index (Phi) is 4.37. The molecule has 2 aromatic carbocycles. The van der Waals surface area contributed by atoms with Crippen LogP contribution in [-0.4, -0.2) is 25.3 Å². The van der Waals surface area contributed by atoms with E-state index in [4.69, 9.17) is 23.2 Å². The van der Waals surface area contributed by atoms with Gasteiger partial charge in [0.05, 0.1) is 26.2 Å². The number of carbonyl (C=O) groups excluding carboxylic acids is 1. The Labute approximate surface area is 155 Å². The Bertz CT molecular complexity index is 1010. The van der Waals surface area contributed by atoms with Gasteiger partial charge in [0.25, 0.3) is 5.91 Å². The number of amides is 1. The second kappa shape index (κ2) is 6.04. The minimum atomic E-state index is -4.71. The normalized spacial score (nSPS) is 15.8. The second-order valence-corrected chi connectivity index (χ2v) is 8.19. The van der Waals surface area contributed by atoms with Crippen LogP contribution in [-0.2, 0) is 16.0 Å². The van der Waals surface area contributed by atoms with E-state index in [-0.39, 0.29) is 26.2 Å². The van der Waals surface area contributed by atoms with Gasteiger partial charge in [-0.3, -0.25) is 9.69 Å². The molecule has 0 radical (unpaired) electrons. The van der Waals surface area contributed by atoms with Crippen molar-refractivity contribution >= 4 is 44.6 Å². The highest BCUT2D eigenvalue weighted by atomic mass is 35.5. The summed E-state index contributed by atoms with van der Waals surface area (Å²) in [6.07, 6.45) is -4.71. The van der Waals surface area contributed by atoms with E-state index in [9.17, 15) is 31.5 Å². The van der Waals surface area contributed by atoms with Gasteiger partial charge in [0.1, 0.15) is 5.88 Å². The molecular weight excluding hydrogens is 418 g/mol. The molecular formula is C15H8Cl2F3NO4S. The fraction of sp³-hybridized carbons (Fsp3) is 0.133. The Morgan fingerprint density at radius 1 is 1.12 bits per heavy atom. The molecule has 1 aliphatic heterocycles. The Balaban J connectivity index is 2.13. The maximum atomic E-state index is 12.9. The minimum Gasteiger partial charge on any atom is -0.505 e. The average molecular weight is 426 g/mol. The lowest BCUT2D eigenvalue weighted by atomic mass is 10.1. The number of phenols is 1. The van der Waals surface area contributed by atoms with Crippen molar-refractivity contribution in [2.75, 3.05) is 10.8 Å². The van der Waals surface area contributed by atoms with Crippen molar-refractivity contribution in [1.29, 1.82) is 0 Å². The van der Waals surface area contributed by atoms with Gasteiger partial charge in [0.15, 0.2) is 15.6 Å². The molecule has 0 fully saturated rings. The van der Waals surface area contributed by atoms with E-state index >= 15 is 0 Å². The number of sulfone groups is 1. The molecule has 0 aliphatic carbocycles. The molecule has 0 aromatic heterocycles. The molecule has 0 saturated heterocycles. The van der Waals surface area contributed by atoms with Gasteiger partial charge in [-0.2, -0.15) is 13.2 Å². The Morgan fingerprint density at radius 2 is 1.69 bits per heavy atom. The second-order valence-electron chi connectivity index (χ2n) is 5.45. The number of carbonyl (C=O) groups is 1. The summed E-state index contributed by atoms with van der Waals surface area (Å²) in [5.41, 5.74) is -1.66. The van der Waals surface area contributed by atoms with Crippen LogP contribution in [0.15, 0.2) is 35.2 Å². The number of phenolic OH excluding ortho intramolecular Hbond substituents is 1. The van der Waals surface area contributed by atoms with Crippen LogP contribution in [0.1, 0.15) is 15.9 Å². The van der Waals surface area contributed by atoms with Crippen molar-refractivity contribution in [1.82, 2.24) is 0 Å². The van der Waals surface area contributed by atoms with Crippen molar-refractivity contribution in [3.8, 4) is 5.75 Å². The summed E-state index contributed by atoms with van der Waals surface area (Å²) in [4.78, 5) is 13.0. The van der Waals surface area contributed by atoms with E-state index in [2.05, 4.69) is 0 Å². The topological polar surface area (TPSA) is 74.7 Å². The predicted octanol–water partition coefficient (Wildman–Crippen LogP) is 4.11. The first-order valence-electron chi connectivity index (χ1n) is 6.85. The molecule has 0 bridgehead atoms. The summed E-state index contributed by atoms with van der Waals surface area (Å²) < 4.78 is 63.2. The minimum absolute atomic E-state index is 0.182. The summed E-state index contributed by atoms with van der Waals surface area (Å²) in [6, 6.07) is 4.14. The van der Waals surface area contributed by atoms with E-state index in [1.165, 1.54) is 0 Å². The van der Waals surface area contributed by atoms with Crippen molar-refractivity contribution in [2.24, 2.45) is 0 Å². The SMILES string of the molecule is O=C(c1cc(Cl)c(O)c(Cl)c1)N1CS(=O)(=O)c2ccc(C(F)(F)F)cc21. The standard InChI is InChI=1S/C15H8Cl2F3NO4S/c16-9-3-7(4-10(17)13(9)22)14(23)21-6-26(24,25)12-2-1-8(5-11(12)21)15(18,19)20/h1-5,22H,6H2. The number of halogens is 5. The molecule has 2 aromatic rings. The van der Waals surface area contributed by atoms with Gasteiger partial charge in [-0.05, 0) is 30.3 Å². The lowest BCUT2D eigenvalue weighted by molar-refractivity contribution is -0.137. The van der Waals surface area contributed by atoms with E-state index in [1.54, 1.807) is 0 Å². The Morgan fingerprint density at radius 3 is 2.23 bits per heavy atom. The zero-order valence-corrected chi connectivity index (χ0v) is 14.8. The molecule has 138 valence electrons. The van der Waals surface area contributed by atoms with Crippen molar-refractivity contribution in [2.45, 2.75) is 11.1 Å². The summed E-state index contributed by atoms with van der Waals surface area (Å²) in [5, 5.41) is 9.02. The monoisotopic (exact) mass is 425 g/mol. The molecule has 1 aliphatic rings. The number of aromatic hydroxyl groups is 1. The van der Waals surface area contributed by atoms with Crippen LogP contribution in [0.3, 0.4) is 0 Å². The summed E-state index contributed by atoms with van der Waals surface area (Å²) >= 11 is 11.5. The third kappa shape index (κ3) is 3.10. The van der Waals surface area contributed by atoms with Gasteiger partial charge in [-0.25, -0.2) is 8.42 Å². The third-order valence-electron chi connectivity index (χ3n) is 3.72. The van der Waals surface area contributed by atoms with E-state index in [1.807, 2.05) is 0 Å².